The average Bonchev–Trinajstić information content (AvgIpc) is 3.03. The Morgan fingerprint density at radius 3 is 2.59 bits per heavy atom. The van der Waals surface area contributed by atoms with Crippen molar-refractivity contribution >= 4 is 23.6 Å². The SMILES string of the molecule is COc1ccc(-c2nc(NC(=O)C(C)(C)SC3CCOCC3)n(C)n2)cc1. The van der Waals surface area contributed by atoms with Gasteiger partial charge in [0.15, 0.2) is 5.82 Å². The van der Waals surface area contributed by atoms with Crippen LogP contribution in [0.5, 0.6) is 5.75 Å². The average molecular weight is 391 g/mol. The summed E-state index contributed by atoms with van der Waals surface area (Å²) in [7, 11) is 3.40. The van der Waals surface area contributed by atoms with E-state index >= 15 is 0 Å². The Hall–Kier alpha value is -2.06. The Morgan fingerprint density at radius 2 is 1.96 bits per heavy atom. The largest absolute Gasteiger partial charge is 0.497 e. The fourth-order valence-corrected chi connectivity index (χ4v) is 4.29. The number of thioether (sulfide) groups is 1. The second kappa shape index (κ2) is 8.31. The number of carbonyl (C=O) groups is 1. The second-order valence-electron chi connectivity index (χ2n) is 7.01. The van der Waals surface area contributed by atoms with Crippen molar-refractivity contribution in [1.29, 1.82) is 0 Å². The monoisotopic (exact) mass is 390 g/mol. The molecule has 1 N–H and O–H groups in total. The highest BCUT2D eigenvalue weighted by Gasteiger charge is 2.33. The highest BCUT2D eigenvalue weighted by Crippen LogP contribution is 2.34. The van der Waals surface area contributed by atoms with E-state index in [1.807, 2.05) is 38.1 Å². The van der Waals surface area contributed by atoms with Gasteiger partial charge in [-0.2, -0.15) is 4.98 Å². The predicted molar refractivity (Wildman–Crippen MR) is 107 cm³/mol. The molecule has 1 amide bonds. The number of nitrogens with one attached hydrogen (secondary N) is 1. The van der Waals surface area contributed by atoms with Crippen molar-refractivity contribution in [2.24, 2.45) is 7.05 Å². The first-order valence-electron chi connectivity index (χ1n) is 9.01. The van der Waals surface area contributed by atoms with Crippen LogP contribution in [-0.2, 0) is 16.6 Å². The van der Waals surface area contributed by atoms with Crippen molar-refractivity contribution in [3.63, 3.8) is 0 Å². The van der Waals surface area contributed by atoms with Gasteiger partial charge in [-0.1, -0.05) is 0 Å². The lowest BCUT2D eigenvalue weighted by atomic mass is 10.2. The predicted octanol–water partition coefficient (Wildman–Crippen LogP) is 3.12. The number of methoxy groups -OCH3 is 1. The highest BCUT2D eigenvalue weighted by atomic mass is 32.2. The zero-order valence-corrected chi connectivity index (χ0v) is 17.0. The molecule has 1 aromatic carbocycles. The van der Waals surface area contributed by atoms with Crippen molar-refractivity contribution in [3.05, 3.63) is 24.3 Å². The maximum Gasteiger partial charge on any atom is 0.242 e. The van der Waals surface area contributed by atoms with Gasteiger partial charge in [-0.15, -0.1) is 16.9 Å². The molecule has 7 nitrogen and oxygen atoms in total. The number of hydrogen-bond donors (Lipinski definition) is 1. The van der Waals surface area contributed by atoms with E-state index in [0.29, 0.717) is 17.0 Å². The number of amides is 1. The molecule has 0 saturated carbocycles. The van der Waals surface area contributed by atoms with Crippen molar-refractivity contribution in [1.82, 2.24) is 14.8 Å². The third kappa shape index (κ3) is 4.81. The van der Waals surface area contributed by atoms with Crippen LogP contribution in [0.15, 0.2) is 24.3 Å². The summed E-state index contributed by atoms with van der Waals surface area (Å²) >= 11 is 1.70. The van der Waals surface area contributed by atoms with E-state index in [9.17, 15) is 4.79 Å². The molecule has 1 aliphatic heterocycles. The van der Waals surface area contributed by atoms with E-state index in [0.717, 1.165) is 37.4 Å². The minimum absolute atomic E-state index is 0.0734. The summed E-state index contributed by atoms with van der Waals surface area (Å²) in [4.78, 5) is 17.3. The van der Waals surface area contributed by atoms with Gasteiger partial charge < -0.3 is 9.47 Å². The van der Waals surface area contributed by atoms with Gasteiger partial charge in [0.1, 0.15) is 5.75 Å². The first-order chi connectivity index (χ1) is 12.9. The summed E-state index contributed by atoms with van der Waals surface area (Å²) in [6.07, 6.45) is 1.96. The lowest BCUT2D eigenvalue weighted by molar-refractivity contribution is -0.117. The number of anilines is 1. The molecular weight excluding hydrogens is 364 g/mol. The van der Waals surface area contributed by atoms with Crippen molar-refractivity contribution in [3.8, 4) is 17.1 Å². The number of aromatic nitrogens is 3. The summed E-state index contributed by atoms with van der Waals surface area (Å²) in [6.45, 7) is 5.43. The van der Waals surface area contributed by atoms with Crippen LogP contribution in [0.3, 0.4) is 0 Å². The van der Waals surface area contributed by atoms with Crippen LogP contribution in [0.25, 0.3) is 11.4 Å². The van der Waals surface area contributed by atoms with Crippen LogP contribution in [0, 0.1) is 0 Å². The molecule has 3 rings (SSSR count). The van der Waals surface area contributed by atoms with Gasteiger partial charge in [-0.3, -0.25) is 10.1 Å². The summed E-state index contributed by atoms with van der Waals surface area (Å²) in [5.74, 6) is 1.70. The molecule has 0 atom stereocenters. The Morgan fingerprint density at radius 1 is 1.30 bits per heavy atom. The van der Waals surface area contributed by atoms with Gasteiger partial charge >= 0.3 is 0 Å². The van der Waals surface area contributed by atoms with Crippen LogP contribution < -0.4 is 10.1 Å². The number of hydrogen-bond acceptors (Lipinski definition) is 6. The molecule has 0 aliphatic carbocycles. The zero-order chi connectivity index (χ0) is 19.4. The van der Waals surface area contributed by atoms with Crippen LogP contribution in [0.2, 0.25) is 0 Å². The molecule has 146 valence electrons. The van der Waals surface area contributed by atoms with Crippen LogP contribution in [0.1, 0.15) is 26.7 Å². The highest BCUT2D eigenvalue weighted by molar-refractivity contribution is 8.02. The molecule has 0 bridgehead atoms. The second-order valence-corrected chi connectivity index (χ2v) is 8.93. The number of aryl methyl sites for hydroxylation is 1. The van der Waals surface area contributed by atoms with Gasteiger partial charge in [0.05, 0.1) is 11.9 Å². The Bertz CT molecular complexity index is 783. The van der Waals surface area contributed by atoms with E-state index in [-0.39, 0.29) is 5.91 Å². The molecule has 1 saturated heterocycles. The van der Waals surface area contributed by atoms with E-state index in [2.05, 4.69) is 15.4 Å². The first kappa shape index (κ1) is 19.7. The minimum atomic E-state index is -0.561. The van der Waals surface area contributed by atoms with Gasteiger partial charge in [0.25, 0.3) is 0 Å². The molecule has 1 aromatic heterocycles. The van der Waals surface area contributed by atoms with E-state index < -0.39 is 4.75 Å². The van der Waals surface area contributed by atoms with Crippen LogP contribution in [0.4, 0.5) is 5.95 Å². The molecule has 0 unspecified atom stereocenters. The van der Waals surface area contributed by atoms with Crippen LogP contribution >= 0.6 is 11.8 Å². The maximum atomic E-state index is 12.8. The lowest BCUT2D eigenvalue weighted by Gasteiger charge is -2.30. The number of ether oxygens (including phenoxy) is 2. The fourth-order valence-electron chi connectivity index (χ4n) is 2.87. The Labute approximate surface area is 163 Å². The Balaban J connectivity index is 1.69. The number of rotatable bonds is 6. The molecule has 0 radical (unpaired) electrons. The zero-order valence-electron chi connectivity index (χ0n) is 16.2. The summed E-state index contributed by atoms with van der Waals surface area (Å²) < 4.78 is 11.6. The quantitative estimate of drug-likeness (QED) is 0.816. The maximum absolute atomic E-state index is 12.8. The molecule has 2 aromatic rings. The molecule has 2 heterocycles. The van der Waals surface area contributed by atoms with Crippen molar-refractivity contribution in [2.75, 3.05) is 25.6 Å². The summed E-state index contributed by atoms with van der Waals surface area (Å²) in [5.41, 5.74) is 0.864. The third-order valence-electron chi connectivity index (χ3n) is 4.51. The normalized spacial score (nSPS) is 15.6. The smallest absolute Gasteiger partial charge is 0.242 e. The van der Waals surface area contributed by atoms with Crippen molar-refractivity contribution in [2.45, 2.75) is 36.7 Å². The van der Waals surface area contributed by atoms with Crippen LogP contribution in [-0.4, -0.2) is 51.0 Å². The lowest BCUT2D eigenvalue weighted by Crippen LogP contribution is -2.37. The fraction of sp³-hybridized carbons (Fsp3) is 0.526. The van der Waals surface area contributed by atoms with E-state index in [1.54, 1.807) is 30.6 Å². The van der Waals surface area contributed by atoms with Gasteiger partial charge in [0, 0.05) is 31.1 Å². The first-order valence-corrected chi connectivity index (χ1v) is 9.89. The number of nitrogens with zero attached hydrogens (tertiary/aromatic N) is 3. The topological polar surface area (TPSA) is 78.3 Å². The number of benzene rings is 1. The molecule has 1 aliphatic rings. The molecule has 1 fully saturated rings. The standard InChI is InChI=1S/C19H26N4O3S/c1-19(2,27-15-9-11-26-12-10-15)17(24)21-18-20-16(22-23(18)3)13-5-7-14(25-4)8-6-13/h5-8,15H,9-12H2,1-4H3,(H,20,21,22,24). The minimum Gasteiger partial charge on any atom is -0.497 e. The summed E-state index contributed by atoms with van der Waals surface area (Å²) in [6, 6.07) is 7.50. The molecular formula is C19H26N4O3S. The van der Waals surface area contributed by atoms with E-state index in [4.69, 9.17) is 9.47 Å². The Kier molecular flexibility index (Phi) is 6.06. The number of carbonyl (C=O) groups excluding carboxylic acids is 1. The molecule has 0 spiro atoms. The molecule has 27 heavy (non-hydrogen) atoms. The third-order valence-corrected chi connectivity index (χ3v) is 6.09. The molecule has 8 heteroatoms. The van der Waals surface area contributed by atoms with Gasteiger partial charge in [0.2, 0.25) is 11.9 Å². The summed E-state index contributed by atoms with van der Waals surface area (Å²) in [5, 5.41) is 7.78. The van der Waals surface area contributed by atoms with E-state index in [1.165, 1.54) is 0 Å². The van der Waals surface area contributed by atoms with Crippen molar-refractivity contribution < 1.29 is 14.3 Å². The van der Waals surface area contributed by atoms with Gasteiger partial charge in [-0.05, 0) is 51.0 Å². The van der Waals surface area contributed by atoms with Gasteiger partial charge in [-0.25, -0.2) is 4.68 Å².